The molecule has 0 amide bonds. The van der Waals surface area contributed by atoms with Crippen LogP contribution in [-0.2, 0) is 16.2 Å². The van der Waals surface area contributed by atoms with Crippen LogP contribution in [-0.4, -0.2) is 0 Å². The van der Waals surface area contributed by atoms with E-state index in [1.54, 1.807) is 34.0 Å². The number of anilines is 9. The first-order chi connectivity index (χ1) is 79.1. The average molecular weight is 1940 g/mol. The Morgan fingerprint density at radius 2 is 0.456 bits per heavy atom. The Balaban J connectivity index is 0.000000114. The van der Waals surface area contributed by atoms with Crippen LogP contribution in [0.1, 0.15) is 87.3 Å². The fourth-order valence-corrected chi connectivity index (χ4v) is 27.3. The van der Waals surface area contributed by atoms with Gasteiger partial charge in [-0.15, -0.1) is 34.0 Å². The molecule has 0 aliphatic heterocycles. The molecule has 3 nitrogen and oxygen atoms in total. The van der Waals surface area contributed by atoms with Gasteiger partial charge in [0.05, 0.1) is 53.9 Å². The van der Waals surface area contributed by atoms with Gasteiger partial charge in [-0.3, -0.25) is 0 Å². The van der Waals surface area contributed by atoms with Gasteiger partial charge in [0.2, 0.25) is 0 Å². The van der Waals surface area contributed by atoms with E-state index in [2.05, 4.69) is 360 Å². The van der Waals surface area contributed by atoms with Crippen molar-refractivity contribution >= 4 is 178 Å². The third kappa shape index (κ3) is 14.0. The first-order valence-corrected chi connectivity index (χ1v) is 51.8. The zero-order chi connectivity index (χ0) is 110. The van der Waals surface area contributed by atoms with Gasteiger partial charge < -0.3 is 14.7 Å². The van der Waals surface area contributed by atoms with Crippen LogP contribution >= 0.6 is 34.0 Å². The van der Waals surface area contributed by atoms with E-state index in [-0.39, 0.29) is 89.2 Å². The van der Waals surface area contributed by atoms with Crippen LogP contribution in [0.25, 0.3) is 126 Å². The highest BCUT2D eigenvalue weighted by atomic mass is 32.1. The Kier molecular flexibility index (Phi) is 17.7. The zero-order valence-corrected chi connectivity index (χ0v) is 81.5. The summed E-state index contributed by atoms with van der Waals surface area (Å²) in [4.78, 5) is 6.83. The number of thiophene rings is 3. The van der Waals surface area contributed by atoms with E-state index in [9.17, 15) is 8.22 Å². The molecule has 3 heterocycles. The molecule has 3 aromatic heterocycles. The number of hydrogen-bond acceptors (Lipinski definition) is 6. The summed E-state index contributed by atoms with van der Waals surface area (Å²) in [6.45, 7) is 0. The molecule has 690 valence electrons. The van der Waals surface area contributed by atoms with Gasteiger partial charge in [0.1, 0.15) is 0 Å². The van der Waals surface area contributed by atoms with Crippen molar-refractivity contribution in [1.29, 1.82) is 0 Å². The summed E-state index contributed by atoms with van der Waals surface area (Å²) < 4.78 is 143. The highest BCUT2D eigenvalue weighted by Gasteiger charge is 2.51. The van der Waals surface area contributed by atoms with E-state index in [1.807, 2.05) is 127 Å². The van der Waals surface area contributed by atoms with Crippen LogP contribution in [0.5, 0.6) is 0 Å². The van der Waals surface area contributed by atoms with Gasteiger partial charge in [0.15, 0.2) is 0 Å². The summed E-state index contributed by atoms with van der Waals surface area (Å²) in [6.07, 6.45) is 0. The maximum Gasteiger partial charge on any atom is 0.0720 e. The van der Waals surface area contributed by atoms with E-state index >= 15 is 0 Å². The van der Waals surface area contributed by atoms with Gasteiger partial charge in [-0.1, -0.05) is 430 Å². The molecule has 0 saturated heterocycles. The molecule has 24 aromatic carbocycles. The third-order valence-electron chi connectivity index (χ3n) is 30.0. The standard InChI is InChI=1S/3C47H31NS/c1-3-17-33(18-4-1)47(42-25-14-28-45-46(42)38-23-10-12-27-44(38)49-45)40-24-11-9-22-37(40)39-31-35(29-30-41(39)47)48(34-19-5-2-6-20-34)43-26-13-16-32-15-7-8-21-36(32)43;1-3-16-33(17-4-1)47(34-26-29-46-41(30-34)39-22-10-12-25-45(39)49-46)42-23-11-9-21-38(42)40-31-36(27-28-43(40)47)48(35-18-5-2-6-19-35)44-24-13-15-32-14-7-8-20-37(32)44;1-3-16-33(17-4-1)47(34-26-28-40-39-22-10-12-25-45(39)49-46(40)30-34)42-23-11-9-21-38(42)41-31-36(27-29-43(41)47)48(35-18-5-2-6-19-35)44-24-13-15-32-14-7-8-20-37(32)44/h3*1-31H/i1D,3D,4D,17D,18D;2*1D,3D,4D,16D,17D. The Morgan fingerprint density at radius 3 is 0.905 bits per heavy atom. The lowest BCUT2D eigenvalue weighted by Gasteiger charge is -2.35. The summed E-state index contributed by atoms with van der Waals surface area (Å²) in [5.74, 6) is 0. The predicted molar refractivity (Wildman–Crippen MR) is 626 cm³/mol. The maximum absolute atomic E-state index is 9.53. The topological polar surface area (TPSA) is 9.72 Å². The molecule has 0 spiro atoms. The lowest BCUT2D eigenvalue weighted by molar-refractivity contribution is 0.770. The van der Waals surface area contributed by atoms with E-state index in [1.165, 1.54) is 14.8 Å². The normalized spacial score (nSPS) is 16.4. The number of benzene rings is 24. The van der Waals surface area contributed by atoms with Crippen LogP contribution < -0.4 is 14.7 Å². The van der Waals surface area contributed by atoms with Crippen molar-refractivity contribution in [3.63, 3.8) is 0 Å². The Hall–Kier alpha value is -17.9. The lowest BCUT2D eigenvalue weighted by atomic mass is 9.66. The zero-order valence-electron chi connectivity index (χ0n) is 94.1. The molecule has 3 aliphatic carbocycles. The average Bonchev–Trinajstić information content (AvgIpc) is 1.52. The van der Waals surface area contributed by atoms with Crippen molar-refractivity contribution < 1.29 is 20.6 Å². The van der Waals surface area contributed by atoms with Crippen LogP contribution in [0.2, 0.25) is 0 Å². The first kappa shape index (κ1) is 72.4. The molecule has 0 N–H and O–H groups in total. The van der Waals surface area contributed by atoms with Gasteiger partial charge in [-0.2, -0.15) is 0 Å². The third-order valence-corrected chi connectivity index (χ3v) is 33.4. The van der Waals surface area contributed by atoms with Crippen molar-refractivity contribution in [3.8, 4) is 33.4 Å². The van der Waals surface area contributed by atoms with Crippen LogP contribution in [0, 0.1) is 0 Å². The van der Waals surface area contributed by atoms with Crippen molar-refractivity contribution in [2.45, 2.75) is 16.2 Å². The van der Waals surface area contributed by atoms with Crippen molar-refractivity contribution in [1.82, 2.24) is 0 Å². The molecular formula is C141H93N3S3. The SMILES string of the molecule is [2H]c1c([2H])c([2H])c(C2(c3ccc4c(c3)sc3ccccc34)c3ccccc3-c3cc(N(c4ccccc4)c4cccc5ccccc45)ccc32)c([2H])c1[2H].[2H]c1c([2H])c([2H])c(C2(c3ccc4sc5ccccc5c4c3)c3ccccc3-c3cc(N(c4ccccc4)c4cccc5ccccc45)ccc32)c([2H])c1[2H].[2H]c1c([2H])c([2H])c(C2(c3cccc4sc5ccccc5c34)c3ccccc3-c3cc(N(c4ccccc4)c4cccc5ccccc45)ccc32)c([2H])c1[2H]. The van der Waals surface area contributed by atoms with E-state index < -0.39 is 34.4 Å². The number of para-hydroxylation sites is 3. The molecule has 3 aliphatic rings. The summed E-state index contributed by atoms with van der Waals surface area (Å²) >= 11 is 5.14. The van der Waals surface area contributed by atoms with Crippen LogP contribution in [0.15, 0.2) is 564 Å². The van der Waals surface area contributed by atoms with Gasteiger partial charge in [-0.25, -0.2) is 0 Å². The molecule has 6 heteroatoms. The minimum atomic E-state index is -1.24. The van der Waals surface area contributed by atoms with Gasteiger partial charge >= 0.3 is 0 Å². The fraction of sp³-hybridized carbons (Fsp3) is 0.0213. The molecule has 27 aromatic rings. The van der Waals surface area contributed by atoms with Gasteiger partial charge in [0, 0.05) is 111 Å². The molecule has 30 rings (SSSR count). The molecule has 147 heavy (non-hydrogen) atoms. The number of nitrogens with zero attached hydrogens (tertiary/aromatic N) is 3. The quantitative estimate of drug-likeness (QED) is 0.101. The highest BCUT2D eigenvalue weighted by Crippen LogP contribution is 2.64. The van der Waals surface area contributed by atoms with Crippen LogP contribution in [0.4, 0.5) is 51.2 Å². The minimum absolute atomic E-state index is 0.203. The van der Waals surface area contributed by atoms with Crippen molar-refractivity contribution in [3.05, 3.63) is 631 Å². The second-order valence-electron chi connectivity index (χ2n) is 37.5. The van der Waals surface area contributed by atoms with Gasteiger partial charge in [-0.05, 0) is 250 Å². The van der Waals surface area contributed by atoms with E-state index in [4.69, 9.17) is 12.3 Å². The van der Waals surface area contributed by atoms with E-state index in [0.717, 1.165) is 213 Å². The Morgan fingerprint density at radius 1 is 0.163 bits per heavy atom. The number of fused-ring (bicyclic) bond motifs is 21. The Labute approximate surface area is 887 Å². The molecular weight excluding hydrogens is 1830 g/mol. The van der Waals surface area contributed by atoms with Gasteiger partial charge in [0.25, 0.3) is 0 Å². The summed E-state index contributed by atoms with van der Waals surface area (Å²) in [5.41, 5.74) is 19.7. The molecule has 3 atom stereocenters. The fourth-order valence-electron chi connectivity index (χ4n) is 23.9. The molecule has 0 saturated carbocycles. The minimum Gasteiger partial charge on any atom is -0.310 e. The smallest absolute Gasteiger partial charge is 0.0720 e. The van der Waals surface area contributed by atoms with Crippen LogP contribution in [0.3, 0.4) is 0 Å². The molecule has 3 unspecified atom stereocenters. The lowest BCUT2D eigenvalue weighted by Crippen LogP contribution is -2.28. The second kappa shape index (κ2) is 35.9. The number of rotatable bonds is 15. The monoisotopic (exact) mass is 1940 g/mol. The highest BCUT2D eigenvalue weighted by molar-refractivity contribution is 7.26. The first-order valence-electron chi connectivity index (χ1n) is 56.8. The predicted octanol–water partition coefficient (Wildman–Crippen LogP) is 39.1. The second-order valence-corrected chi connectivity index (χ2v) is 40.7. The summed E-state index contributed by atoms with van der Waals surface area (Å²) in [7, 11) is 0. The largest absolute Gasteiger partial charge is 0.310 e. The number of hydrogen-bond donors (Lipinski definition) is 0. The summed E-state index contributed by atoms with van der Waals surface area (Å²) in [6, 6.07) is 159. The van der Waals surface area contributed by atoms with Crippen molar-refractivity contribution in [2.24, 2.45) is 0 Å². The van der Waals surface area contributed by atoms with Crippen molar-refractivity contribution in [2.75, 3.05) is 14.7 Å². The molecule has 0 bridgehead atoms. The molecule has 0 radical (unpaired) electrons. The van der Waals surface area contributed by atoms with E-state index in [0.29, 0.717) is 0 Å². The molecule has 0 fully saturated rings. The Bertz CT molecular complexity index is 10700. The summed E-state index contributed by atoms with van der Waals surface area (Å²) in [5, 5.41) is 13.4. The maximum atomic E-state index is 9.53.